The molecule has 27 heavy (non-hydrogen) atoms. The Kier molecular flexibility index (Phi) is 6.48. The second-order valence-corrected chi connectivity index (χ2v) is 6.83. The van der Waals surface area contributed by atoms with E-state index < -0.39 is 6.17 Å². The van der Waals surface area contributed by atoms with Crippen LogP contribution in [0.15, 0.2) is 67.5 Å². The average molecular weight is 360 g/mol. The highest BCUT2D eigenvalue weighted by atomic mass is 19.1. The van der Waals surface area contributed by atoms with Gasteiger partial charge in [0.1, 0.15) is 0 Å². The van der Waals surface area contributed by atoms with Crippen molar-refractivity contribution in [2.75, 3.05) is 0 Å². The van der Waals surface area contributed by atoms with Gasteiger partial charge in [-0.2, -0.15) is 0 Å². The Balaban J connectivity index is 1.70. The number of aromatic nitrogens is 2. The Morgan fingerprint density at radius 3 is 2.52 bits per heavy atom. The smallest absolute Gasteiger partial charge is 0.151 e. The monoisotopic (exact) mass is 360 g/mol. The minimum absolute atomic E-state index is 0.598. The topological polar surface area (TPSA) is 25.8 Å². The maximum absolute atomic E-state index is 12.8. The second kappa shape index (κ2) is 9.22. The molecule has 3 aromatic rings. The predicted molar refractivity (Wildman–Crippen MR) is 112 cm³/mol. The Hall–Kier alpha value is -2.81. The zero-order chi connectivity index (χ0) is 19.1. The molecule has 0 saturated heterocycles. The number of unbranched alkanes of at least 4 members (excludes halogenated alkanes) is 1. The van der Waals surface area contributed by atoms with E-state index in [0.717, 1.165) is 30.4 Å². The number of hydrogen-bond acceptors (Lipinski definition) is 2. The summed E-state index contributed by atoms with van der Waals surface area (Å²) in [5.41, 5.74) is 3.37. The minimum atomic E-state index is -0.732. The summed E-state index contributed by atoms with van der Waals surface area (Å²) in [6, 6.07) is 12.9. The Bertz CT molecular complexity index is 927. The van der Waals surface area contributed by atoms with Crippen LogP contribution in [0.5, 0.6) is 0 Å². The summed E-state index contributed by atoms with van der Waals surface area (Å²) in [4.78, 5) is 8.85. The minimum Gasteiger partial charge on any atom is -0.248 e. The molecule has 138 valence electrons. The van der Waals surface area contributed by atoms with Crippen molar-refractivity contribution in [1.29, 1.82) is 0 Å². The van der Waals surface area contributed by atoms with Gasteiger partial charge in [0, 0.05) is 18.0 Å². The van der Waals surface area contributed by atoms with Gasteiger partial charge in [-0.15, -0.1) is 6.58 Å². The molecule has 0 amide bonds. The third kappa shape index (κ3) is 5.33. The quantitative estimate of drug-likeness (QED) is 0.335. The van der Waals surface area contributed by atoms with Crippen LogP contribution in [0.2, 0.25) is 0 Å². The molecule has 0 aliphatic carbocycles. The van der Waals surface area contributed by atoms with E-state index in [4.69, 9.17) is 0 Å². The van der Waals surface area contributed by atoms with Crippen molar-refractivity contribution in [3.8, 4) is 11.1 Å². The highest BCUT2D eigenvalue weighted by molar-refractivity contribution is 5.87. The molecule has 0 aliphatic heterocycles. The number of nitrogens with zero attached hydrogens (tertiary/aromatic N) is 2. The molecule has 0 radical (unpaired) electrons. The van der Waals surface area contributed by atoms with Crippen molar-refractivity contribution in [1.82, 2.24) is 9.97 Å². The molecular weight excluding hydrogens is 335 g/mol. The molecule has 1 heterocycles. The first-order chi connectivity index (χ1) is 13.2. The molecule has 1 unspecified atom stereocenters. The van der Waals surface area contributed by atoms with Crippen LogP contribution >= 0.6 is 0 Å². The van der Waals surface area contributed by atoms with Crippen LogP contribution in [0.3, 0.4) is 0 Å². The van der Waals surface area contributed by atoms with Crippen LogP contribution in [0.1, 0.15) is 37.6 Å². The number of halogens is 1. The van der Waals surface area contributed by atoms with Crippen LogP contribution < -0.4 is 0 Å². The second-order valence-electron chi connectivity index (χ2n) is 6.83. The largest absolute Gasteiger partial charge is 0.248 e. The van der Waals surface area contributed by atoms with E-state index in [1.54, 1.807) is 6.92 Å². The van der Waals surface area contributed by atoms with E-state index in [1.807, 2.05) is 30.6 Å². The molecule has 3 rings (SSSR count). The lowest BCUT2D eigenvalue weighted by Crippen LogP contribution is -1.91. The van der Waals surface area contributed by atoms with Crippen molar-refractivity contribution in [3.63, 3.8) is 0 Å². The lowest BCUT2D eigenvalue weighted by Gasteiger charge is -2.06. The molecule has 0 fully saturated rings. The molecular formula is C24H25FN2. The van der Waals surface area contributed by atoms with Crippen LogP contribution in [-0.4, -0.2) is 16.1 Å². The van der Waals surface area contributed by atoms with Gasteiger partial charge in [-0.25, -0.2) is 14.4 Å². The molecule has 0 bridgehead atoms. The summed E-state index contributed by atoms with van der Waals surface area (Å²) in [6.07, 6.45) is 12.0. The van der Waals surface area contributed by atoms with Gasteiger partial charge in [0.15, 0.2) is 5.82 Å². The van der Waals surface area contributed by atoms with Crippen LogP contribution in [-0.2, 0) is 6.42 Å². The zero-order valence-electron chi connectivity index (χ0n) is 15.7. The van der Waals surface area contributed by atoms with E-state index in [2.05, 4.69) is 52.9 Å². The van der Waals surface area contributed by atoms with Gasteiger partial charge < -0.3 is 0 Å². The summed E-state index contributed by atoms with van der Waals surface area (Å²) in [5.74, 6) is 0.682. The summed E-state index contributed by atoms with van der Waals surface area (Å²) in [5, 5.41) is 2.42. The van der Waals surface area contributed by atoms with Crippen molar-refractivity contribution in [2.45, 2.75) is 38.8 Å². The fourth-order valence-corrected chi connectivity index (χ4v) is 3.05. The molecule has 0 saturated carbocycles. The lowest BCUT2D eigenvalue weighted by molar-refractivity contribution is 0.335. The van der Waals surface area contributed by atoms with E-state index in [9.17, 15) is 4.39 Å². The Labute approximate surface area is 160 Å². The molecule has 1 aromatic heterocycles. The van der Waals surface area contributed by atoms with E-state index in [0.29, 0.717) is 12.2 Å². The SMILES string of the molecule is C=CCc1ccc2cc(-c3cnc(C=CCCCC(C)F)nc3)ccc2c1. The fourth-order valence-electron chi connectivity index (χ4n) is 3.05. The number of benzene rings is 2. The van der Waals surface area contributed by atoms with Gasteiger partial charge in [-0.05, 0) is 66.6 Å². The average Bonchev–Trinajstić information content (AvgIpc) is 2.68. The van der Waals surface area contributed by atoms with Gasteiger partial charge in [0.2, 0.25) is 0 Å². The van der Waals surface area contributed by atoms with E-state index in [1.165, 1.54) is 16.3 Å². The normalized spacial score (nSPS) is 12.5. The third-order valence-corrected chi connectivity index (χ3v) is 4.53. The standard InChI is InChI=1S/C24H25FN2/c1-3-7-19-10-11-21-15-22(13-12-20(21)14-19)23-16-26-24(27-17-23)9-6-4-5-8-18(2)25/h3,6,9-18H,1,4-5,7-8H2,2H3. The number of fused-ring (bicyclic) bond motifs is 1. The first-order valence-electron chi connectivity index (χ1n) is 9.42. The molecule has 0 aliphatic rings. The Morgan fingerprint density at radius 1 is 1.04 bits per heavy atom. The maximum Gasteiger partial charge on any atom is 0.151 e. The van der Waals surface area contributed by atoms with Crippen LogP contribution in [0.25, 0.3) is 28.0 Å². The lowest BCUT2D eigenvalue weighted by atomic mass is 10.0. The van der Waals surface area contributed by atoms with Crippen molar-refractivity contribution < 1.29 is 4.39 Å². The third-order valence-electron chi connectivity index (χ3n) is 4.53. The highest BCUT2D eigenvalue weighted by Gasteiger charge is 2.02. The first-order valence-corrected chi connectivity index (χ1v) is 9.42. The number of hydrogen-bond donors (Lipinski definition) is 0. The summed E-state index contributed by atoms with van der Waals surface area (Å²) < 4.78 is 12.8. The Morgan fingerprint density at radius 2 is 1.78 bits per heavy atom. The van der Waals surface area contributed by atoms with Crippen molar-refractivity contribution in [3.05, 3.63) is 78.9 Å². The van der Waals surface area contributed by atoms with Gasteiger partial charge >= 0.3 is 0 Å². The van der Waals surface area contributed by atoms with E-state index >= 15 is 0 Å². The number of rotatable bonds is 8. The van der Waals surface area contributed by atoms with Crippen molar-refractivity contribution >= 4 is 16.8 Å². The molecule has 2 nitrogen and oxygen atoms in total. The number of alkyl halides is 1. The molecule has 0 spiro atoms. The van der Waals surface area contributed by atoms with Gasteiger partial charge in [-0.3, -0.25) is 0 Å². The summed E-state index contributed by atoms with van der Waals surface area (Å²) >= 11 is 0. The van der Waals surface area contributed by atoms with Crippen LogP contribution in [0, 0.1) is 0 Å². The van der Waals surface area contributed by atoms with Crippen molar-refractivity contribution in [2.24, 2.45) is 0 Å². The van der Waals surface area contributed by atoms with Crippen LogP contribution in [0.4, 0.5) is 4.39 Å². The first kappa shape index (κ1) is 19.0. The highest BCUT2D eigenvalue weighted by Crippen LogP contribution is 2.24. The molecule has 0 N–H and O–H groups in total. The fraction of sp³-hybridized carbons (Fsp3) is 0.250. The van der Waals surface area contributed by atoms with Gasteiger partial charge in [0.25, 0.3) is 0 Å². The summed E-state index contributed by atoms with van der Waals surface area (Å²) in [7, 11) is 0. The maximum atomic E-state index is 12.8. The van der Waals surface area contributed by atoms with Gasteiger partial charge in [0.05, 0.1) is 6.17 Å². The molecule has 3 heteroatoms. The number of allylic oxidation sites excluding steroid dienone is 2. The summed E-state index contributed by atoms with van der Waals surface area (Å²) in [6.45, 7) is 5.39. The zero-order valence-corrected chi connectivity index (χ0v) is 15.7. The van der Waals surface area contributed by atoms with E-state index in [-0.39, 0.29) is 0 Å². The molecule has 1 atom stereocenters. The molecule has 2 aromatic carbocycles. The van der Waals surface area contributed by atoms with Gasteiger partial charge in [-0.1, -0.05) is 42.5 Å². The predicted octanol–water partition coefficient (Wildman–Crippen LogP) is 6.57.